The second kappa shape index (κ2) is 5.03. The van der Waals surface area contributed by atoms with Gasteiger partial charge in [-0.15, -0.1) is 0 Å². The Bertz CT molecular complexity index is 1060. The smallest absolute Gasteiger partial charge is 0.157 e. The van der Waals surface area contributed by atoms with Crippen molar-refractivity contribution in [2.24, 2.45) is 0 Å². The van der Waals surface area contributed by atoms with E-state index in [0.29, 0.717) is 0 Å². The van der Waals surface area contributed by atoms with Gasteiger partial charge in [0.2, 0.25) is 0 Å². The summed E-state index contributed by atoms with van der Waals surface area (Å²) in [6.07, 6.45) is 5.25. The number of imidazole rings is 2. The first kappa shape index (κ1) is 13.0. The van der Waals surface area contributed by atoms with Crippen LogP contribution in [-0.4, -0.2) is 24.9 Å². The number of hydrogen-bond acceptors (Lipinski definition) is 3. The summed E-state index contributed by atoms with van der Waals surface area (Å²) < 4.78 is 0. The minimum Gasteiger partial charge on any atom is -0.345 e. The summed E-state index contributed by atoms with van der Waals surface area (Å²) in [5.41, 5.74) is 8.21. The number of fused-ring (bicyclic) bond motifs is 2. The fraction of sp³-hybridized carbons (Fsp3) is 0. The first-order valence-electron chi connectivity index (χ1n) is 7.70. The second-order valence-electron chi connectivity index (χ2n) is 5.71. The van der Waals surface area contributed by atoms with E-state index in [1.807, 2.05) is 12.3 Å². The first-order chi connectivity index (χ1) is 11.9. The van der Waals surface area contributed by atoms with Crippen LogP contribution < -0.4 is 0 Å². The monoisotopic (exact) mass is 311 g/mol. The van der Waals surface area contributed by atoms with Crippen molar-refractivity contribution in [3.63, 3.8) is 0 Å². The van der Waals surface area contributed by atoms with Crippen LogP contribution in [0.4, 0.5) is 0 Å². The fourth-order valence-corrected chi connectivity index (χ4v) is 2.95. The summed E-state index contributed by atoms with van der Waals surface area (Å²) in [4.78, 5) is 19.1. The number of aromatic amines is 2. The number of pyridine rings is 1. The molecule has 5 heteroatoms. The lowest BCUT2D eigenvalue weighted by Crippen LogP contribution is -1.83. The Morgan fingerprint density at radius 3 is 2.12 bits per heavy atom. The number of nitrogens with one attached hydrogen (secondary N) is 2. The first-order valence-corrected chi connectivity index (χ1v) is 7.70. The molecule has 2 N–H and O–H groups in total. The molecule has 0 fully saturated rings. The van der Waals surface area contributed by atoms with Gasteiger partial charge in [-0.1, -0.05) is 30.3 Å². The molecule has 24 heavy (non-hydrogen) atoms. The quantitative estimate of drug-likeness (QED) is 0.514. The zero-order valence-corrected chi connectivity index (χ0v) is 12.7. The normalized spacial score (nSPS) is 11.3. The molecule has 5 nitrogen and oxygen atoms in total. The second-order valence-corrected chi connectivity index (χ2v) is 5.71. The minimum absolute atomic E-state index is 0.808. The van der Waals surface area contributed by atoms with Gasteiger partial charge < -0.3 is 9.97 Å². The molecule has 3 heterocycles. The van der Waals surface area contributed by atoms with Crippen LogP contribution in [0.25, 0.3) is 44.5 Å². The third kappa shape index (κ3) is 2.06. The van der Waals surface area contributed by atoms with E-state index in [-0.39, 0.29) is 0 Å². The third-order valence-electron chi connectivity index (χ3n) is 4.25. The van der Waals surface area contributed by atoms with Gasteiger partial charge in [-0.3, -0.25) is 0 Å². The van der Waals surface area contributed by atoms with Crippen molar-refractivity contribution in [1.29, 1.82) is 0 Å². The Morgan fingerprint density at radius 2 is 1.25 bits per heavy atom. The molecule has 0 saturated heterocycles. The van der Waals surface area contributed by atoms with E-state index in [2.05, 4.69) is 67.4 Å². The van der Waals surface area contributed by atoms with E-state index in [4.69, 9.17) is 0 Å². The van der Waals surface area contributed by atoms with Gasteiger partial charge >= 0.3 is 0 Å². The molecule has 0 radical (unpaired) electrons. The predicted molar refractivity (Wildman–Crippen MR) is 94.4 cm³/mol. The van der Waals surface area contributed by atoms with Crippen LogP contribution in [0.3, 0.4) is 0 Å². The van der Waals surface area contributed by atoms with Crippen molar-refractivity contribution in [2.75, 3.05) is 0 Å². The molecular formula is C19H13N5. The average molecular weight is 311 g/mol. The summed E-state index contributed by atoms with van der Waals surface area (Å²) in [6, 6.07) is 16.8. The number of aromatic nitrogens is 5. The summed E-state index contributed by atoms with van der Waals surface area (Å²) in [5.74, 6) is 0. The summed E-state index contributed by atoms with van der Waals surface area (Å²) in [5, 5.41) is 0. The van der Waals surface area contributed by atoms with Crippen LogP contribution in [0.1, 0.15) is 0 Å². The molecule has 0 aliphatic heterocycles. The van der Waals surface area contributed by atoms with Crippen LogP contribution in [0.15, 0.2) is 67.4 Å². The van der Waals surface area contributed by atoms with Crippen molar-refractivity contribution >= 4 is 22.2 Å². The molecule has 0 spiro atoms. The number of nitrogens with zero attached hydrogens (tertiary/aromatic N) is 3. The maximum atomic E-state index is 4.40. The molecule has 2 aromatic carbocycles. The van der Waals surface area contributed by atoms with Crippen LogP contribution in [0.2, 0.25) is 0 Å². The van der Waals surface area contributed by atoms with Gasteiger partial charge in [0.25, 0.3) is 0 Å². The van der Waals surface area contributed by atoms with Crippen LogP contribution in [-0.2, 0) is 0 Å². The summed E-state index contributed by atoms with van der Waals surface area (Å²) in [7, 11) is 0. The highest BCUT2D eigenvalue weighted by molar-refractivity contribution is 5.83. The zero-order valence-electron chi connectivity index (χ0n) is 12.7. The molecule has 114 valence electrons. The van der Waals surface area contributed by atoms with Gasteiger partial charge in [0.05, 0.1) is 23.7 Å². The molecule has 5 rings (SSSR count). The Morgan fingerprint density at radius 1 is 0.583 bits per heavy atom. The maximum absolute atomic E-state index is 4.40. The van der Waals surface area contributed by atoms with Gasteiger partial charge in [0.1, 0.15) is 5.52 Å². The average Bonchev–Trinajstić information content (AvgIpc) is 3.29. The topological polar surface area (TPSA) is 70.2 Å². The molecule has 0 aliphatic rings. The van der Waals surface area contributed by atoms with E-state index < -0.39 is 0 Å². The Kier molecular flexibility index (Phi) is 2.72. The number of H-pyrrole nitrogens is 2. The van der Waals surface area contributed by atoms with Gasteiger partial charge in [-0.2, -0.15) is 0 Å². The Labute approximate surface area is 137 Å². The highest BCUT2D eigenvalue weighted by atomic mass is 14.9. The van der Waals surface area contributed by atoms with E-state index >= 15 is 0 Å². The van der Waals surface area contributed by atoms with Gasteiger partial charge in [-0.05, 0) is 34.9 Å². The highest BCUT2D eigenvalue weighted by Crippen LogP contribution is 2.27. The van der Waals surface area contributed by atoms with E-state index in [0.717, 1.165) is 44.5 Å². The molecule has 0 atom stereocenters. The molecule has 5 aromatic rings. The van der Waals surface area contributed by atoms with Gasteiger partial charge in [-0.25, -0.2) is 15.0 Å². The van der Waals surface area contributed by atoms with Crippen molar-refractivity contribution in [1.82, 2.24) is 24.9 Å². The van der Waals surface area contributed by atoms with Crippen molar-refractivity contribution in [3.05, 3.63) is 67.4 Å². The van der Waals surface area contributed by atoms with Gasteiger partial charge in [0, 0.05) is 11.8 Å². The standard InChI is InChI=1S/C19H13N5/c1-3-13(15-8-18-19(20-9-15)24-11-23-18)4-2-12(1)14-5-6-16-17(7-14)22-10-21-16/h1-11H,(H,21,22)(H,20,23,24). The molecule has 0 aliphatic carbocycles. The van der Waals surface area contributed by atoms with Crippen molar-refractivity contribution < 1.29 is 0 Å². The van der Waals surface area contributed by atoms with Crippen molar-refractivity contribution in [2.45, 2.75) is 0 Å². The van der Waals surface area contributed by atoms with Gasteiger partial charge in [0.15, 0.2) is 5.65 Å². The Hall–Kier alpha value is -3.47. The number of hydrogen-bond donors (Lipinski definition) is 2. The van der Waals surface area contributed by atoms with E-state index in [1.54, 1.807) is 12.7 Å². The predicted octanol–water partition coefficient (Wildman–Crippen LogP) is 4.17. The Balaban J connectivity index is 1.53. The lowest BCUT2D eigenvalue weighted by molar-refractivity contribution is 1.30. The summed E-state index contributed by atoms with van der Waals surface area (Å²) >= 11 is 0. The molecule has 3 aromatic heterocycles. The largest absolute Gasteiger partial charge is 0.345 e. The molecule has 0 saturated carbocycles. The fourth-order valence-electron chi connectivity index (χ4n) is 2.95. The van der Waals surface area contributed by atoms with E-state index in [9.17, 15) is 0 Å². The van der Waals surface area contributed by atoms with Crippen LogP contribution in [0.5, 0.6) is 0 Å². The third-order valence-corrected chi connectivity index (χ3v) is 4.25. The van der Waals surface area contributed by atoms with E-state index in [1.165, 1.54) is 0 Å². The molecule has 0 bridgehead atoms. The lowest BCUT2D eigenvalue weighted by Gasteiger charge is -2.05. The maximum Gasteiger partial charge on any atom is 0.157 e. The molecule has 0 amide bonds. The van der Waals surface area contributed by atoms with Crippen molar-refractivity contribution in [3.8, 4) is 22.3 Å². The number of benzene rings is 2. The highest BCUT2D eigenvalue weighted by Gasteiger charge is 2.05. The number of rotatable bonds is 2. The molecule has 0 unspecified atom stereocenters. The zero-order chi connectivity index (χ0) is 15.9. The SMILES string of the molecule is c1nc2cc(-c3ccc(-c4cnc5[nH]cnc5c4)cc3)ccc2[nH]1. The molecular weight excluding hydrogens is 298 g/mol. The van der Waals surface area contributed by atoms with Crippen LogP contribution in [0, 0.1) is 0 Å². The minimum atomic E-state index is 0.808. The summed E-state index contributed by atoms with van der Waals surface area (Å²) in [6.45, 7) is 0. The lowest BCUT2D eigenvalue weighted by atomic mass is 10.0. The van der Waals surface area contributed by atoms with Crippen LogP contribution >= 0.6 is 0 Å².